The molecule has 1 N–H and O–H groups in total. The first-order chi connectivity index (χ1) is 14.2. The van der Waals surface area contributed by atoms with Crippen LogP contribution in [0, 0.1) is 0 Å². The lowest BCUT2D eigenvalue weighted by molar-refractivity contribution is -0.135. The molecule has 2 aromatic rings. The van der Waals surface area contributed by atoms with Crippen molar-refractivity contribution in [3.05, 3.63) is 60.2 Å². The highest BCUT2D eigenvalue weighted by molar-refractivity contribution is 5.79. The van der Waals surface area contributed by atoms with Crippen molar-refractivity contribution < 1.29 is 19.1 Å². The highest BCUT2D eigenvalue weighted by atomic mass is 16.5. The third kappa shape index (κ3) is 6.22. The summed E-state index contributed by atoms with van der Waals surface area (Å²) in [7, 11) is 1.57. The van der Waals surface area contributed by atoms with Crippen molar-refractivity contribution in [3.8, 4) is 11.5 Å². The van der Waals surface area contributed by atoms with Gasteiger partial charge in [-0.1, -0.05) is 42.5 Å². The van der Waals surface area contributed by atoms with Crippen LogP contribution in [0.4, 0.5) is 0 Å². The van der Waals surface area contributed by atoms with E-state index in [1.807, 2.05) is 42.5 Å². The Balaban J connectivity index is 1.37. The maximum atomic E-state index is 12.4. The summed E-state index contributed by atoms with van der Waals surface area (Å²) in [6.45, 7) is 3.33. The highest BCUT2D eigenvalue weighted by Gasteiger charge is 2.23. The maximum Gasteiger partial charge on any atom is 0.260 e. The number of benzene rings is 2. The molecular formula is C22H27N3O4. The maximum absolute atomic E-state index is 12.4. The number of methoxy groups -OCH3 is 1. The predicted molar refractivity (Wildman–Crippen MR) is 110 cm³/mol. The van der Waals surface area contributed by atoms with E-state index in [1.165, 1.54) is 0 Å². The van der Waals surface area contributed by atoms with Crippen molar-refractivity contribution in [1.29, 1.82) is 0 Å². The molecular weight excluding hydrogens is 370 g/mol. The van der Waals surface area contributed by atoms with E-state index in [1.54, 1.807) is 24.1 Å². The van der Waals surface area contributed by atoms with Gasteiger partial charge in [-0.15, -0.1) is 0 Å². The Morgan fingerprint density at radius 1 is 0.931 bits per heavy atom. The van der Waals surface area contributed by atoms with Crippen LogP contribution in [0.1, 0.15) is 5.56 Å². The number of carbonyl (C=O) groups is 2. The SMILES string of the molecule is COc1ccccc1OCC(=O)N1CCN(CC(=O)NCc2ccccc2)CC1. The van der Waals surface area contributed by atoms with E-state index >= 15 is 0 Å². The van der Waals surface area contributed by atoms with Crippen LogP contribution in [0.15, 0.2) is 54.6 Å². The van der Waals surface area contributed by atoms with Crippen LogP contribution >= 0.6 is 0 Å². The van der Waals surface area contributed by atoms with Crippen LogP contribution < -0.4 is 14.8 Å². The van der Waals surface area contributed by atoms with E-state index in [4.69, 9.17) is 9.47 Å². The van der Waals surface area contributed by atoms with Crippen molar-refractivity contribution in [2.75, 3.05) is 46.4 Å². The average molecular weight is 397 g/mol. The van der Waals surface area contributed by atoms with Gasteiger partial charge in [-0.25, -0.2) is 0 Å². The zero-order chi connectivity index (χ0) is 20.5. The number of nitrogens with zero attached hydrogens (tertiary/aromatic N) is 2. The minimum Gasteiger partial charge on any atom is -0.493 e. The van der Waals surface area contributed by atoms with Gasteiger partial charge < -0.3 is 19.7 Å². The normalized spacial score (nSPS) is 14.3. The summed E-state index contributed by atoms with van der Waals surface area (Å²) in [5.74, 6) is 1.08. The molecule has 0 unspecified atom stereocenters. The van der Waals surface area contributed by atoms with E-state index in [9.17, 15) is 9.59 Å². The molecule has 3 rings (SSSR count). The molecule has 1 aliphatic rings. The standard InChI is InChI=1S/C22H27N3O4/c1-28-19-9-5-6-10-20(19)29-17-22(27)25-13-11-24(12-14-25)16-21(26)23-15-18-7-3-2-4-8-18/h2-10H,11-17H2,1H3,(H,23,26). The van der Waals surface area contributed by atoms with Gasteiger partial charge in [-0.05, 0) is 17.7 Å². The lowest BCUT2D eigenvalue weighted by Gasteiger charge is -2.34. The average Bonchev–Trinajstić information content (AvgIpc) is 2.77. The summed E-state index contributed by atoms with van der Waals surface area (Å²) in [5, 5.41) is 2.94. The van der Waals surface area contributed by atoms with Gasteiger partial charge in [0, 0.05) is 32.7 Å². The van der Waals surface area contributed by atoms with E-state index in [-0.39, 0.29) is 18.4 Å². The second-order valence-electron chi connectivity index (χ2n) is 6.86. The zero-order valence-corrected chi connectivity index (χ0v) is 16.7. The molecule has 0 aromatic heterocycles. The summed E-state index contributed by atoms with van der Waals surface area (Å²) in [5.41, 5.74) is 1.08. The first-order valence-corrected chi connectivity index (χ1v) is 9.72. The van der Waals surface area contributed by atoms with Crippen molar-refractivity contribution >= 4 is 11.8 Å². The topological polar surface area (TPSA) is 71.1 Å². The van der Waals surface area contributed by atoms with Gasteiger partial charge in [0.25, 0.3) is 5.91 Å². The Labute approximate surface area is 171 Å². The Hall–Kier alpha value is -3.06. The molecule has 7 heteroatoms. The lowest BCUT2D eigenvalue weighted by Crippen LogP contribution is -2.52. The van der Waals surface area contributed by atoms with Gasteiger partial charge >= 0.3 is 0 Å². The second-order valence-corrected chi connectivity index (χ2v) is 6.86. The van der Waals surface area contributed by atoms with Crippen molar-refractivity contribution in [1.82, 2.24) is 15.1 Å². The van der Waals surface area contributed by atoms with Gasteiger partial charge in [0.1, 0.15) is 0 Å². The van der Waals surface area contributed by atoms with E-state index in [0.29, 0.717) is 50.8 Å². The van der Waals surface area contributed by atoms with Gasteiger partial charge in [-0.2, -0.15) is 0 Å². The first-order valence-electron chi connectivity index (χ1n) is 9.72. The number of piperazine rings is 1. The molecule has 154 valence electrons. The van der Waals surface area contributed by atoms with Crippen LogP contribution in [0.3, 0.4) is 0 Å². The molecule has 1 heterocycles. The van der Waals surface area contributed by atoms with Crippen molar-refractivity contribution in [3.63, 3.8) is 0 Å². The number of rotatable bonds is 8. The monoisotopic (exact) mass is 397 g/mol. The molecule has 0 saturated carbocycles. The molecule has 0 aliphatic carbocycles. The molecule has 2 aromatic carbocycles. The number of hydrogen-bond acceptors (Lipinski definition) is 5. The quantitative estimate of drug-likeness (QED) is 0.732. The van der Waals surface area contributed by atoms with Crippen LogP contribution in [-0.4, -0.2) is 68.1 Å². The Morgan fingerprint density at radius 3 is 2.28 bits per heavy atom. The minimum absolute atomic E-state index is 0.00636. The summed E-state index contributed by atoms with van der Waals surface area (Å²) in [4.78, 5) is 28.4. The smallest absolute Gasteiger partial charge is 0.260 e. The van der Waals surface area contributed by atoms with Crippen LogP contribution in [0.25, 0.3) is 0 Å². The number of carbonyl (C=O) groups excluding carboxylic acids is 2. The first kappa shape index (κ1) is 20.7. The Bertz CT molecular complexity index is 805. The molecule has 0 bridgehead atoms. The van der Waals surface area contributed by atoms with Gasteiger partial charge in [0.05, 0.1) is 13.7 Å². The number of ether oxygens (including phenoxy) is 2. The molecule has 1 aliphatic heterocycles. The largest absolute Gasteiger partial charge is 0.493 e. The molecule has 1 fully saturated rings. The molecule has 0 radical (unpaired) electrons. The fourth-order valence-electron chi connectivity index (χ4n) is 3.18. The van der Waals surface area contributed by atoms with Crippen LogP contribution in [0.5, 0.6) is 11.5 Å². The van der Waals surface area contributed by atoms with Crippen LogP contribution in [0.2, 0.25) is 0 Å². The summed E-state index contributed by atoms with van der Waals surface area (Å²) in [6.07, 6.45) is 0. The summed E-state index contributed by atoms with van der Waals surface area (Å²) < 4.78 is 10.8. The zero-order valence-electron chi connectivity index (χ0n) is 16.7. The molecule has 7 nitrogen and oxygen atoms in total. The third-order valence-corrected chi connectivity index (χ3v) is 4.84. The van der Waals surface area contributed by atoms with Gasteiger partial charge in [0.2, 0.25) is 5.91 Å². The molecule has 1 saturated heterocycles. The van der Waals surface area contributed by atoms with Crippen LogP contribution in [-0.2, 0) is 16.1 Å². The van der Waals surface area contributed by atoms with E-state index in [2.05, 4.69) is 10.2 Å². The Morgan fingerprint density at radius 2 is 1.59 bits per heavy atom. The fourth-order valence-corrected chi connectivity index (χ4v) is 3.18. The molecule has 0 atom stereocenters. The number of hydrogen-bond donors (Lipinski definition) is 1. The summed E-state index contributed by atoms with van der Waals surface area (Å²) >= 11 is 0. The molecule has 29 heavy (non-hydrogen) atoms. The summed E-state index contributed by atoms with van der Waals surface area (Å²) in [6, 6.07) is 17.1. The van der Waals surface area contributed by atoms with E-state index in [0.717, 1.165) is 5.56 Å². The molecule has 0 spiro atoms. The van der Waals surface area contributed by atoms with E-state index < -0.39 is 0 Å². The lowest BCUT2D eigenvalue weighted by atomic mass is 10.2. The number of amides is 2. The number of nitrogens with one attached hydrogen (secondary N) is 1. The molecule has 2 amide bonds. The second kappa shape index (κ2) is 10.5. The highest BCUT2D eigenvalue weighted by Crippen LogP contribution is 2.25. The predicted octanol–water partition coefficient (Wildman–Crippen LogP) is 1.53. The third-order valence-electron chi connectivity index (χ3n) is 4.84. The van der Waals surface area contributed by atoms with Crippen molar-refractivity contribution in [2.45, 2.75) is 6.54 Å². The number of para-hydroxylation sites is 2. The fraction of sp³-hybridized carbons (Fsp3) is 0.364. The van der Waals surface area contributed by atoms with Crippen molar-refractivity contribution in [2.24, 2.45) is 0 Å². The van der Waals surface area contributed by atoms with Gasteiger partial charge in [-0.3, -0.25) is 14.5 Å². The minimum atomic E-state index is -0.0657. The van der Waals surface area contributed by atoms with Gasteiger partial charge in [0.15, 0.2) is 18.1 Å². The Kier molecular flexibility index (Phi) is 7.47.